The third-order valence-corrected chi connectivity index (χ3v) is 15.3. The molecule has 0 fully saturated rings. The first kappa shape index (κ1) is 70.3. The summed E-state index contributed by atoms with van der Waals surface area (Å²) in [5.74, 6) is -0.0274. The molecule has 2 unspecified atom stereocenters. The van der Waals surface area contributed by atoms with E-state index in [0.717, 1.165) is 51.4 Å². The highest BCUT2D eigenvalue weighted by atomic mass is 16.5. The Labute approximate surface area is 450 Å². The number of aliphatic hydroxyl groups excluding tert-OH is 2. The number of carbonyl (C=O) groups is 2. The average molecular weight is 1010 g/mol. The van der Waals surface area contributed by atoms with Crippen molar-refractivity contribution in [1.29, 1.82) is 0 Å². The van der Waals surface area contributed by atoms with E-state index in [1.807, 2.05) is 0 Å². The number of unbranched alkanes of at least 4 members (excludes halogenated alkanes) is 46. The zero-order valence-corrected chi connectivity index (χ0v) is 48.7. The van der Waals surface area contributed by atoms with Crippen LogP contribution in [-0.2, 0) is 14.3 Å². The van der Waals surface area contributed by atoms with E-state index >= 15 is 0 Å². The lowest BCUT2D eigenvalue weighted by Gasteiger charge is -2.22. The van der Waals surface area contributed by atoms with E-state index in [1.165, 1.54) is 276 Å². The van der Waals surface area contributed by atoms with Crippen LogP contribution in [-0.4, -0.2) is 47.4 Å². The average Bonchev–Trinajstić information content (AvgIpc) is 3.38. The van der Waals surface area contributed by atoms with Crippen molar-refractivity contribution in [2.24, 2.45) is 0 Å². The summed E-state index contributed by atoms with van der Waals surface area (Å²) in [7, 11) is 0. The Balaban J connectivity index is 3.35. The van der Waals surface area contributed by atoms with E-state index < -0.39 is 12.1 Å². The number of ether oxygens (including phenoxy) is 1. The third kappa shape index (κ3) is 57.6. The second-order valence-corrected chi connectivity index (χ2v) is 22.5. The number of hydrogen-bond donors (Lipinski definition) is 3. The molecular formula is C66H127NO5. The molecule has 0 saturated carbocycles. The normalized spacial score (nSPS) is 12.7. The molecule has 6 nitrogen and oxygen atoms in total. The summed E-state index contributed by atoms with van der Waals surface area (Å²) in [5.41, 5.74) is 0. The highest BCUT2D eigenvalue weighted by molar-refractivity contribution is 5.76. The zero-order chi connectivity index (χ0) is 52.2. The van der Waals surface area contributed by atoms with Gasteiger partial charge in [-0.2, -0.15) is 0 Å². The van der Waals surface area contributed by atoms with Gasteiger partial charge in [0.05, 0.1) is 25.4 Å². The van der Waals surface area contributed by atoms with Crippen molar-refractivity contribution in [3.05, 3.63) is 24.3 Å². The van der Waals surface area contributed by atoms with Crippen molar-refractivity contribution in [3.8, 4) is 0 Å². The van der Waals surface area contributed by atoms with E-state index in [1.54, 1.807) is 0 Å². The quantitative estimate of drug-likeness (QED) is 0.0320. The standard InChI is InChI=1S/C66H127NO5/c1-3-5-7-9-11-13-15-17-31-34-38-42-46-50-54-58-64(69)63(62-68)67-65(70)59-55-51-47-43-39-35-32-29-27-25-23-21-19-20-22-24-26-28-30-33-37-41-45-49-53-57-61-72-66(71)60-56-52-48-44-40-36-18-16-14-12-10-8-6-4-2/h10,12,16,18,63-64,68-69H,3-9,11,13-15,17,19-62H2,1-2H3,(H,67,70)/b12-10-,18-16-. The molecule has 426 valence electrons. The Morgan fingerprint density at radius 1 is 0.389 bits per heavy atom. The maximum absolute atomic E-state index is 12.5. The highest BCUT2D eigenvalue weighted by Gasteiger charge is 2.20. The summed E-state index contributed by atoms with van der Waals surface area (Å²) in [6.07, 6.45) is 76.3. The Hall–Kier alpha value is -1.66. The largest absolute Gasteiger partial charge is 0.466 e. The number of esters is 1. The van der Waals surface area contributed by atoms with Crippen LogP contribution in [0.3, 0.4) is 0 Å². The zero-order valence-electron chi connectivity index (χ0n) is 48.7. The number of nitrogens with one attached hydrogen (secondary N) is 1. The van der Waals surface area contributed by atoms with Crippen LogP contribution in [0.1, 0.15) is 361 Å². The maximum Gasteiger partial charge on any atom is 0.305 e. The molecule has 6 heteroatoms. The van der Waals surface area contributed by atoms with Crippen LogP contribution < -0.4 is 5.32 Å². The topological polar surface area (TPSA) is 95.9 Å². The van der Waals surface area contributed by atoms with Gasteiger partial charge in [0.1, 0.15) is 0 Å². The van der Waals surface area contributed by atoms with Crippen LogP contribution in [0.15, 0.2) is 24.3 Å². The van der Waals surface area contributed by atoms with Crippen LogP contribution in [0.4, 0.5) is 0 Å². The van der Waals surface area contributed by atoms with Crippen molar-refractivity contribution in [2.45, 2.75) is 373 Å². The lowest BCUT2D eigenvalue weighted by atomic mass is 10.0. The van der Waals surface area contributed by atoms with E-state index in [2.05, 4.69) is 43.5 Å². The minimum absolute atomic E-state index is 0.00304. The van der Waals surface area contributed by atoms with Crippen LogP contribution >= 0.6 is 0 Å². The summed E-state index contributed by atoms with van der Waals surface area (Å²) in [4.78, 5) is 24.5. The lowest BCUT2D eigenvalue weighted by molar-refractivity contribution is -0.143. The van der Waals surface area contributed by atoms with Gasteiger partial charge in [-0.15, -0.1) is 0 Å². The van der Waals surface area contributed by atoms with E-state index in [0.29, 0.717) is 25.9 Å². The summed E-state index contributed by atoms with van der Waals surface area (Å²) in [5, 5.41) is 23.3. The predicted octanol–water partition coefficient (Wildman–Crippen LogP) is 20.6. The molecule has 0 aromatic rings. The van der Waals surface area contributed by atoms with E-state index in [4.69, 9.17) is 4.74 Å². The van der Waals surface area contributed by atoms with Crippen LogP contribution in [0.25, 0.3) is 0 Å². The minimum atomic E-state index is -0.662. The van der Waals surface area contributed by atoms with Gasteiger partial charge in [0, 0.05) is 12.8 Å². The Kier molecular flexibility index (Phi) is 60.5. The van der Waals surface area contributed by atoms with Crippen molar-refractivity contribution >= 4 is 11.9 Å². The fourth-order valence-electron chi connectivity index (χ4n) is 10.2. The SMILES string of the molecule is CCCC/C=C\C/C=C\CCCCCCCC(=O)OCCCCCCCCCCCCCCCCCCCCCCCCCCCCC(=O)NC(CO)C(O)CCCCCCCCCCCCCCCCC. The molecule has 0 spiro atoms. The first-order chi connectivity index (χ1) is 35.5. The van der Waals surface area contributed by atoms with Crippen molar-refractivity contribution < 1.29 is 24.5 Å². The fraction of sp³-hybridized carbons (Fsp3) is 0.909. The molecule has 0 bridgehead atoms. The van der Waals surface area contributed by atoms with E-state index in [9.17, 15) is 19.8 Å². The Morgan fingerprint density at radius 3 is 1.10 bits per heavy atom. The summed E-state index contributed by atoms with van der Waals surface area (Å²) < 4.78 is 5.48. The number of aliphatic hydroxyl groups is 2. The number of carbonyl (C=O) groups excluding carboxylic acids is 2. The van der Waals surface area contributed by atoms with Gasteiger partial charge >= 0.3 is 5.97 Å². The second kappa shape index (κ2) is 61.9. The van der Waals surface area contributed by atoms with Gasteiger partial charge in [-0.3, -0.25) is 9.59 Å². The van der Waals surface area contributed by atoms with Crippen molar-refractivity contribution in [2.75, 3.05) is 13.2 Å². The van der Waals surface area contributed by atoms with Crippen LogP contribution in [0.2, 0.25) is 0 Å². The van der Waals surface area contributed by atoms with Gasteiger partial charge in [-0.25, -0.2) is 0 Å². The molecule has 0 heterocycles. The van der Waals surface area contributed by atoms with E-state index in [-0.39, 0.29) is 18.5 Å². The first-order valence-electron chi connectivity index (χ1n) is 32.6. The molecule has 0 aliphatic carbocycles. The smallest absolute Gasteiger partial charge is 0.305 e. The van der Waals surface area contributed by atoms with Gasteiger partial charge in [0.2, 0.25) is 5.91 Å². The summed E-state index contributed by atoms with van der Waals surface area (Å²) in [6, 6.07) is -0.539. The molecule has 0 aromatic heterocycles. The number of allylic oxidation sites excluding steroid dienone is 4. The highest BCUT2D eigenvalue weighted by Crippen LogP contribution is 2.18. The second-order valence-electron chi connectivity index (χ2n) is 22.5. The number of rotatable bonds is 61. The minimum Gasteiger partial charge on any atom is -0.466 e. The fourth-order valence-corrected chi connectivity index (χ4v) is 10.2. The van der Waals surface area contributed by atoms with Gasteiger partial charge < -0.3 is 20.3 Å². The lowest BCUT2D eigenvalue weighted by Crippen LogP contribution is -2.45. The Bertz CT molecular complexity index is 1120. The predicted molar refractivity (Wildman–Crippen MR) is 315 cm³/mol. The molecule has 72 heavy (non-hydrogen) atoms. The summed E-state index contributed by atoms with van der Waals surface area (Å²) in [6.45, 7) is 4.93. The van der Waals surface area contributed by atoms with Crippen LogP contribution in [0, 0.1) is 0 Å². The molecular weight excluding hydrogens is 887 g/mol. The number of amides is 1. The van der Waals surface area contributed by atoms with Gasteiger partial charge in [0.25, 0.3) is 0 Å². The third-order valence-electron chi connectivity index (χ3n) is 15.3. The molecule has 0 aliphatic rings. The van der Waals surface area contributed by atoms with Gasteiger partial charge in [-0.1, -0.05) is 321 Å². The Morgan fingerprint density at radius 2 is 0.708 bits per heavy atom. The molecule has 0 saturated heterocycles. The van der Waals surface area contributed by atoms with Gasteiger partial charge in [0.15, 0.2) is 0 Å². The molecule has 0 radical (unpaired) electrons. The monoisotopic (exact) mass is 1010 g/mol. The first-order valence-corrected chi connectivity index (χ1v) is 32.6. The molecule has 2 atom stereocenters. The van der Waals surface area contributed by atoms with Crippen LogP contribution in [0.5, 0.6) is 0 Å². The number of hydrogen-bond acceptors (Lipinski definition) is 5. The van der Waals surface area contributed by atoms with Crippen molar-refractivity contribution in [3.63, 3.8) is 0 Å². The van der Waals surface area contributed by atoms with Crippen molar-refractivity contribution in [1.82, 2.24) is 5.32 Å². The molecule has 1 amide bonds. The van der Waals surface area contributed by atoms with Gasteiger partial charge in [-0.05, 0) is 51.4 Å². The molecule has 0 aliphatic heterocycles. The molecule has 0 aromatic carbocycles. The molecule has 0 rings (SSSR count). The summed E-state index contributed by atoms with van der Waals surface area (Å²) >= 11 is 0. The molecule has 3 N–H and O–H groups in total. The maximum atomic E-state index is 12.5.